The summed E-state index contributed by atoms with van der Waals surface area (Å²) in [6.45, 7) is 32.2. The van der Waals surface area contributed by atoms with Crippen LogP contribution in [0, 0.1) is 11.8 Å². The molecular weight excluding hydrogens is 665 g/mol. The number of carbonyl (C=O) groups is 3. The van der Waals surface area contributed by atoms with E-state index in [-0.39, 0.29) is 32.8 Å². The molecule has 2 heterocycles. The van der Waals surface area contributed by atoms with Crippen molar-refractivity contribution < 1.29 is 32.3 Å². The molecule has 0 spiro atoms. The number of hydrogen-bond acceptors (Lipinski definition) is 7. The largest absolute Gasteiger partial charge is 0.444 e. The zero-order valence-corrected chi connectivity index (χ0v) is 35.2. The lowest BCUT2D eigenvalue weighted by molar-refractivity contribution is -0.108. The molecule has 49 heavy (non-hydrogen) atoms. The van der Waals surface area contributed by atoms with Gasteiger partial charge in [-0.05, 0) is 155 Å². The van der Waals surface area contributed by atoms with Crippen LogP contribution in [-0.4, -0.2) is 87.8 Å². The molecule has 2 rings (SSSR count). The number of nitrogens with two attached hydrogens (primary N) is 1. The molecule has 11 nitrogen and oxygen atoms in total. The number of aldehydes is 1. The van der Waals surface area contributed by atoms with Crippen molar-refractivity contribution in [1.82, 2.24) is 9.80 Å². The number of carbonyl (C=O) groups excluding carboxylic acids is 3. The summed E-state index contributed by atoms with van der Waals surface area (Å²) in [6, 6.07) is 0. The second-order valence-electron chi connectivity index (χ2n) is 18.3. The Balaban J connectivity index is 0.000000808. The molecule has 288 valence electrons. The summed E-state index contributed by atoms with van der Waals surface area (Å²) in [7, 11) is -2.38. The van der Waals surface area contributed by atoms with Gasteiger partial charge in [-0.2, -0.15) is 4.40 Å². The Labute approximate surface area is 303 Å². The van der Waals surface area contributed by atoms with Crippen LogP contribution >= 0.6 is 0 Å². The highest BCUT2D eigenvalue weighted by atomic mass is 32.2. The second kappa shape index (κ2) is 18.6. The first kappa shape index (κ1) is 47.1. The molecular formula is C36H70N4O7S2. The molecule has 2 amide bonds. The van der Waals surface area contributed by atoms with E-state index in [1.807, 2.05) is 88.0 Å². The smallest absolute Gasteiger partial charge is 0.410 e. The zero-order chi connectivity index (χ0) is 38.8. The van der Waals surface area contributed by atoms with E-state index in [0.717, 1.165) is 38.4 Å². The van der Waals surface area contributed by atoms with Crippen LogP contribution in [0.4, 0.5) is 9.59 Å². The van der Waals surface area contributed by atoms with Gasteiger partial charge in [0.2, 0.25) is 0 Å². The molecule has 0 aromatic heterocycles. The number of amides is 2. The van der Waals surface area contributed by atoms with E-state index in [1.165, 1.54) is 0 Å². The molecule has 2 fully saturated rings. The van der Waals surface area contributed by atoms with Crippen LogP contribution < -0.4 is 5.14 Å². The van der Waals surface area contributed by atoms with Gasteiger partial charge in [-0.3, -0.25) is 5.14 Å². The van der Waals surface area contributed by atoms with Crippen LogP contribution in [0.2, 0.25) is 0 Å². The summed E-state index contributed by atoms with van der Waals surface area (Å²) in [5.41, 5.74) is -1.32. The monoisotopic (exact) mass is 734 g/mol. The van der Waals surface area contributed by atoms with Gasteiger partial charge in [0.15, 0.2) is 0 Å². The van der Waals surface area contributed by atoms with E-state index in [9.17, 15) is 22.8 Å². The normalized spacial score (nSPS) is 22.0. The molecule has 0 saturated carbocycles. The minimum absolute atomic E-state index is 0.185. The van der Waals surface area contributed by atoms with Crippen molar-refractivity contribution in [3.63, 3.8) is 0 Å². The molecule has 4 atom stereocenters. The Kier molecular flexibility index (Phi) is 17.9. The van der Waals surface area contributed by atoms with Gasteiger partial charge in [0, 0.05) is 36.8 Å². The lowest BCUT2D eigenvalue weighted by atomic mass is 9.93. The van der Waals surface area contributed by atoms with Crippen molar-refractivity contribution in [2.75, 3.05) is 13.1 Å². The fraction of sp³-hybridized carbons (Fsp3) is 0.889. The number of nitrogens with zero attached hydrogens (tertiary/aromatic N) is 3. The molecule has 2 N–H and O–H groups in total. The average Bonchev–Trinajstić information content (AvgIpc) is 3.36. The fourth-order valence-electron chi connectivity index (χ4n) is 5.33. The predicted octanol–water partition coefficient (Wildman–Crippen LogP) is 7.74. The molecule has 2 aliphatic rings. The number of likely N-dealkylation sites (tertiary alicyclic amines) is 2. The molecule has 0 aromatic rings. The zero-order valence-electron chi connectivity index (χ0n) is 33.6. The Morgan fingerprint density at radius 1 is 0.735 bits per heavy atom. The Hall–Kier alpha value is -1.86. The van der Waals surface area contributed by atoms with Gasteiger partial charge in [0.05, 0.1) is 20.5 Å². The number of hydrogen-bond donors (Lipinski definition) is 1. The van der Waals surface area contributed by atoms with E-state index < -0.39 is 33.2 Å². The van der Waals surface area contributed by atoms with Crippen molar-refractivity contribution >= 4 is 46.7 Å². The summed E-state index contributed by atoms with van der Waals surface area (Å²) in [5, 5.41) is 5.04. The number of rotatable bonds is 7. The number of ether oxygens (including phenoxy) is 2. The quantitative estimate of drug-likeness (QED) is 0.208. The van der Waals surface area contributed by atoms with Crippen molar-refractivity contribution in [3.8, 4) is 0 Å². The van der Waals surface area contributed by atoms with Gasteiger partial charge in [-0.1, -0.05) is 0 Å². The van der Waals surface area contributed by atoms with Crippen molar-refractivity contribution in [2.24, 2.45) is 21.4 Å². The third-order valence-corrected chi connectivity index (χ3v) is 10.4. The highest BCUT2D eigenvalue weighted by Gasteiger charge is 2.43. The third kappa shape index (κ3) is 18.8. The van der Waals surface area contributed by atoms with Gasteiger partial charge < -0.3 is 24.1 Å². The Bertz CT molecular complexity index is 1160. The maximum atomic E-state index is 12.4. The molecule has 0 radical (unpaired) electrons. The van der Waals surface area contributed by atoms with Crippen LogP contribution in [0.15, 0.2) is 4.40 Å². The summed E-state index contributed by atoms with van der Waals surface area (Å²) in [6.07, 6.45) is 7.25. The molecule has 2 aliphatic heterocycles. The minimum atomic E-state index is -1.20. The van der Waals surface area contributed by atoms with Crippen molar-refractivity contribution in [3.05, 3.63) is 0 Å². The van der Waals surface area contributed by atoms with Crippen molar-refractivity contribution in [2.45, 2.75) is 181 Å². The highest BCUT2D eigenvalue weighted by Crippen LogP contribution is 2.37. The van der Waals surface area contributed by atoms with E-state index in [4.69, 9.17) is 14.6 Å². The van der Waals surface area contributed by atoms with E-state index in [1.54, 1.807) is 11.1 Å². The highest BCUT2D eigenvalue weighted by molar-refractivity contribution is 7.85. The van der Waals surface area contributed by atoms with E-state index in [2.05, 4.69) is 32.1 Å². The lowest BCUT2D eigenvalue weighted by Gasteiger charge is -2.33. The summed E-state index contributed by atoms with van der Waals surface area (Å²) < 4.78 is 36.8. The van der Waals surface area contributed by atoms with Crippen LogP contribution in [0.25, 0.3) is 0 Å². The van der Waals surface area contributed by atoms with Crippen LogP contribution in [0.1, 0.15) is 149 Å². The molecule has 0 aromatic carbocycles. The van der Waals surface area contributed by atoms with E-state index >= 15 is 0 Å². The fourth-order valence-corrected chi connectivity index (χ4v) is 5.89. The Morgan fingerprint density at radius 2 is 1.08 bits per heavy atom. The van der Waals surface area contributed by atoms with Crippen molar-refractivity contribution in [1.29, 1.82) is 0 Å². The molecule has 2 saturated heterocycles. The average molecular weight is 735 g/mol. The van der Waals surface area contributed by atoms with Crippen LogP contribution in [0.5, 0.6) is 0 Å². The molecule has 0 aliphatic carbocycles. The molecule has 13 heteroatoms. The molecule has 0 bridgehead atoms. The third-order valence-electron chi connectivity index (χ3n) is 7.84. The van der Waals surface area contributed by atoms with Gasteiger partial charge in [0.25, 0.3) is 0 Å². The van der Waals surface area contributed by atoms with E-state index in [0.29, 0.717) is 31.3 Å². The predicted molar refractivity (Wildman–Crippen MR) is 203 cm³/mol. The summed E-state index contributed by atoms with van der Waals surface area (Å²) in [5.74, 6) is 0.819. The van der Waals surface area contributed by atoms with Crippen LogP contribution in [0.3, 0.4) is 0 Å². The first-order chi connectivity index (χ1) is 21.8. The standard InChI is InChI=1S/C18H34N2O3S.C14H25NO3.C4H11NOS/c1-16(2,3)23-15(21)20-13-14(12-18(20,7)8)10-9-11-19-24(22)17(4,5)6;1-13(2,3)18-12(17)15-10-11(7-6-8-16)9-14(15,4)5;1-4(2,3)7(5)6/h11,14H,9-10,12-13H2,1-8H3;8,11H,6-7,9-10H2,1-5H3;5H2,1-3H3/t14-,24?;11-;7-/m000/s1. The SMILES string of the molecule is CC(C)(C)OC(=O)N1C[C@@H](CCC=NS(=O)C(C)(C)C)CC1(C)C.CC(C)(C)OC(=O)N1C[C@@H](CCC=O)CC1(C)C.CC(C)(C)[S@@](N)=O. The minimum Gasteiger partial charge on any atom is -0.444 e. The summed E-state index contributed by atoms with van der Waals surface area (Å²) in [4.78, 5) is 38.6. The first-order valence-electron chi connectivity index (χ1n) is 17.4. The van der Waals surface area contributed by atoms with Gasteiger partial charge in [-0.15, -0.1) is 0 Å². The van der Waals surface area contributed by atoms with Gasteiger partial charge >= 0.3 is 12.2 Å². The maximum Gasteiger partial charge on any atom is 0.410 e. The van der Waals surface area contributed by atoms with Gasteiger partial charge in [-0.25, -0.2) is 18.0 Å². The van der Waals surface area contributed by atoms with Gasteiger partial charge in [0.1, 0.15) is 28.5 Å². The topological polar surface area (TPSA) is 149 Å². The first-order valence-corrected chi connectivity index (χ1v) is 19.7. The summed E-state index contributed by atoms with van der Waals surface area (Å²) >= 11 is 0. The Morgan fingerprint density at radius 3 is 1.37 bits per heavy atom. The van der Waals surface area contributed by atoms with Crippen LogP contribution in [-0.2, 0) is 36.2 Å². The maximum absolute atomic E-state index is 12.4. The lowest BCUT2D eigenvalue weighted by Crippen LogP contribution is -2.45. The second-order valence-corrected chi connectivity index (χ2v) is 22.1. The molecule has 1 unspecified atom stereocenters.